The fourth-order valence-electron chi connectivity index (χ4n) is 2.25. The van der Waals surface area contributed by atoms with Crippen molar-refractivity contribution in [3.05, 3.63) is 33.5 Å². The van der Waals surface area contributed by atoms with E-state index in [0.717, 1.165) is 12.1 Å². The maximum absolute atomic E-state index is 12.3. The lowest BCUT2D eigenvalue weighted by Gasteiger charge is -2.07. The molecule has 0 amide bonds. The zero-order valence-corrected chi connectivity index (χ0v) is 13.8. The third kappa shape index (κ3) is 4.41. The van der Waals surface area contributed by atoms with Crippen LogP contribution in [-0.2, 0) is 11.2 Å². The Kier molecular flexibility index (Phi) is 6.50. The smallest absolute Gasteiger partial charge is 0.303 e. The number of aryl methyl sites for hydroxylation is 1. The minimum absolute atomic E-state index is 0. The SMILES string of the molecule is CC(C)CCc1cc(=O)c(=C(O)CCC(=O)O)c2ncnn12.Cl. The van der Waals surface area contributed by atoms with Gasteiger partial charge in [-0.15, -0.1) is 12.4 Å². The molecular formula is C15H20ClN3O4. The van der Waals surface area contributed by atoms with Gasteiger partial charge in [0.2, 0.25) is 0 Å². The molecule has 0 atom stereocenters. The summed E-state index contributed by atoms with van der Waals surface area (Å²) in [6.07, 6.45) is 2.55. The molecule has 0 aliphatic carbocycles. The Morgan fingerprint density at radius 2 is 2.00 bits per heavy atom. The van der Waals surface area contributed by atoms with Crippen LogP contribution in [0.2, 0.25) is 0 Å². The fourth-order valence-corrected chi connectivity index (χ4v) is 2.25. The largest absolute Gasteiger partial charge is 0.511 e. The molecule has 0 radical (unpaired) electrons. The van der Waals surface area contributed by atoms with Crippen LogP contribution < -0.4 is 10.6 Å². The summed E-state index contributed by atoms with van der Waals surface area (Å²) >= 11 is 0. The quantitative estimate of drug-likeness (QED) is 0.821. The Morgan fingerprint density at radius 1 is 1.30 bits per heavy atom. The number of nitrogens with zero attached hydrogens (tertiary/aromatic N) is 3. The molecule has 0 aliphatic rings. The summed E-state index contributed by atoms with van der Waals surface area (Å²) in [5.74, 6) is -0.810. The van der Waals surface area contributed by atoms with Crippen molar-refractivity contribution in [2.45, 2.75) is 39.5 Å². The number of halogens is 1. The van der Waals surface area contributed by atoms with Crippen LogP contribution in [0.5, 0.6) is 0 Å². The minimum Gasteiger partial charge on any atom is -0.511 e. The molecule has 2 rings (SSSR count). The van der Waals surface area contributed by atoms with Crippen LogP contribution in [-0.4, -0.2) is 30.8 Å². The third-order valence-corrected chi connectivity index (χ3v) is 3.43. The van der Waals surface area contributed by atoms with Crippen LogP contribution in [0, 0.1) is 5.92 Å². The van der Waals surface area contributed by atoms with Crippen LogP contribution in [0.25, 0.3) is 11.4 Å². The van der Waals surface area contributed by atoms with E-state index in [4.69, 9.17) is 5.11 Å². The normalized spacial score (nSPS) is 12.3. The number of aliphatic hydroxyl groups is 1. The molecule has 0 bridgehead atoms. The van der Waals surface area contributed by atoms with Gasteiger partial charge in [0.05, 0.1) is 6.42 Å². The van der Waals surface area contributed by atoms with E-state index in [1.165, 1.54) is 16.9 Å². The Bertz CT molecular complexity index is 801. The zero-order chi connectivity index (χ0) is 16.3. The summed E-state index contributed by atoms with van der Waals surface area (Å²) in [6.45, 7) is 4.19. The van der Waals surface area contributed by atoms with Gasteiger partial charge >= 0.3 is 5.97 Å². The van der Waals surface area contributed by atoms with E-state index >= 15 is 0 Å². The van der Waals surface area contributed by atoms with E-state index < -0.39 is 5.97 Å². The van der Waals surface area contributed by atoms with Crippen LogP contribution in [0.4, 0.5) is 0 Å². The number of aliphatic hydroxyl groups excluding tert-OH is 1. The number of hydrogen-bond donors (Lipinski definition) is 2. The Balaban J connectivity index is 0.00000264. The van der Waals surface area contributed by atoms with E-state index in [9.17, 15) is 14.7 Å². The summed E-state index contributed by atoms with van der Waals surface area (Å²) in [6, 6.07) is 1.44. The van der Waals surface area contributed by atoms with Crippen LogP contribution in [0.3, 0.4) is 0 Å². The summed E-state index contributed by atoms with van der Waals surface area (Å²) in [5, 5.41) is 22.9. The Labute approximate surface area is 139 Å². The number of carbonyl (C=O) groups is 1. The van der Waals surface area contributed by atoms with E-state index in [1.54, 1.807) is 0 Å². The topological polar surface area (TPSA) is 105 Å². The number of rotatable bonds is 6. The number of carboxylic acids is 1. The molecule has 0 saturated heterocycles. The summed E-state index contributed by atoms with van der Waals surface area (Å²) in [4.78, 5) is 26.9. The molecule has 2 aromatic heterocycles. The van der Waals surface area contributed by atoms with E-state index in [-0.39, 0.29) is 47.3 Å². The molecule has 0 aromatic carbocycles. The molecule has 0 aliphatic heterocycles. The fraction of sp³-hybridized carbons (Fsp3) is 0.467. The van der Waals surface area contributed by atoms with Crippen molar-refractivity contribution in [3.63, 3.8) is 0 Å². The van der Waals surface area contributed by atoms with E-state index in [2.05, 4.69) is 23.9 Å². The number of aliphatic carboxylic acids is 1. The maximum atomic E-state index is 12.3. The van der Waals surface area contributed by atoms with Crippen molar-refractivity contribution < 1.29 is 15.0 Å². The van der Waals surface area contributed by atoms with Gasteiger partial charge in [0.1, 0.15) is 17.3 Å². The van der Waals surface area contributed by atoms with Gasteiger partial charge in [-0.05, 0) is 18.8 Å². The lowest BCUT2D eigenvalue weighted by atomic mass is 10.1. The van der Waals surface area contributed by atoms with Crippen LogP contribution in [0.1, 0.15) is 38.8 Å². The molecule has 0 unspecified atom stereocenters. The molecule has 126 valence electrons. The number of pyridine rings is 1. The first-order valence-corrected chi connectivity index (χ1v) is 7.19. The average Bonchev–Trinajstić information content (AvgIpc) is 2.91. The summed E-state index contributed by atoms with van der Waals surface area (Å²) < 4.78 is 1.54. The summed E-state index contributed by atoms with van der Waals surface area (Å²) in [5.41, 5.74) is 0.650. The third-order valence-electron chi connectivity index (χ3n) is 3.43. The van der Waals surface area contributed by atoms with Gasteiger partial charge in [0.15, 0.2) is 11.1 Å². The lowest BCUT2D eigenvalue weighted by molar-refractivity contribution is -0.136. The first kappa shape index (κ1) is 18.9. The van der Waals surface area contributed by atoms with Gasteiger partial charge in [-0.1, -0.05) is 13.8 Å². The Hall–Kier alpha value is -2.15. The van der Waals surface area contributed by atoms with Crippen molar-refractivity contribution in [3.8, 4) is 0 Å². The minimum atomic E-state index is -1.04. The van der Waals surface area contributed by atoms with Gasteiger partial charge in [-0.2, -0.15) is 5.10 Å². The van der Waals surface area contributed by atoms with Gasteiger partial charge in [-0.25, -0.2) is 9.50 Å². The molecule has 8 heteroatoms. The molecular weight excluding hydrogens is 322 g/mol. The van der Waals surface area contributed by atoms with E-state index in [0.29, 0.717) is 12.3 Å². The second kappa shape index (κ2) is 7.92. The molecule has 0 saturated carbocycles. The lowest BCUT2D eigenvalue weighted by Crippen LogP contribution is -2.31. The zero-order valence-electron chi connectivity index (χ0n) is 13.0. The number of fused-ring (bicyclic) bond motifs is 1. The standard InChI is InChI=1S/C15H19N3O4.ClH/c1-9(2)3-4-10-7-12(20)14(11(19)5-6-13(21)22)15-16-8-17-18(10)15;/h7-9,19H,3-6H2,1-2H3,(H,21,22);1H. The summed E-state index contributed by atoms with van der Waals surface area (Å²) in [7, 11) is 0. The maximum Gasteiger partial charge on any atom is 0.303 e. The second-order valence-corrected chi connectivity index (χ2v) is 5.64. The van der Waals surface area contributed by atoms with Gasteiger partial charge < -0.3 is 10.2 Å². The predicted octanol–water partition coefficient (Wildman–Crippen LogP) is 1.35. The van der Waals surface area contributed by atoms with Crippen molar-refractivity contribution in [2.24, 2.45) is 5.92 Å². The predicted molar refractivity (Wildman–Crippen MR) is 87.8 cm³/mol. The highest BCUT2D eigenvalue weighted by Gasteiger charge is 2.12. The number of aromatic nitrogens is 3. The highest BCUT2D eigenvalue weighted by atomic mass is 35.5. The van der Waals surface area contributed by atoms with Crippen molar-refractivity contribution >= 4 is 29.8 Å². The average molecular weight is 342 g/mol. The van der Waals surface area contributed by atoms with Crippen molar-refractivity contribution in [1.82, 2.24) is 14.6 Å². The van der Waals surface area contributed by atoms with E-state index in [1.807, 2.05) is 0 Å². The molecule has 2 aromatic rings. The number of carboxylic acid groups (broad SMARTS) is 1. The van der Waals surface area contributed by atoms with Crippen LogP contribution in [0.15, 0.2) is 17.2 Å². The van der Waals surface area contributed by atoms with Gasteiger partial charge in [0, 0.05) is 18.2 Å². The first-order valence-electron chi connectivity index (χ1n) is 7.19. The molecule has 2 N–H and O–H groups in total. The Morgan fingerprint density at radius 3 is 2.61 bits per heavy atom. The second-order valence-electron chi connectivity index (χ2n) is 5.64. The molecule has 2 heterocycles. The van der Waals surface area contributed by atoms with Crippen LogP contribution >= 0.6 is 12.4 Å². The van der Waals surface area contributed by atoms with Crippen molar-refractivity contribution in [2.75, 3.05) is 0 Å². The molecule has 7 nitrogen and oxygen atoms in total. The highest BCUT2D eigenvalue weighted by Crippen LogP contribution is 2.08. The monoisotopic (exact) mass is 341 g/mol. The highest BCUT2D eigenvalue weighted by molar-refractivity contribution is 5.85. The van der Waals surface area contributed by atoms with Gasteiger partial charge in [-0.3, -0.25) is 9.59 Å². The molecule has 0 fully saturated rings. The number of hydrogen-bond acceptors (Lipinski definition) is 5. The van der Waals surface area contributed by atoms with Crippen molar-refractivity contribution in [1.29, 1.82) is 0 Å². The van der Waals surface area contributed by atoms with Gasteiger partial charge in [0.25, 0.3) is 0 Å². The molecule has 23 heavy (non-hydrogen) atoms. The molecule has 0 spiro atoms. The first-order chi connectivity index (χ1) is 10.4.